The quantitative estimate of drug-likeness (QED) is 0.846. The molecule has 4 nitrogen and oxygen atoms in total. The van der Waals surface area contributed by atoms with Crippen molar-refractivity contribution >= 4 is 28.5 Å². The summed E-state index contributed by atoms with van der Waals surface area (Å²) in [7, 11) is 0. The van der Waals surface area contributed by atoms with Crippen molar-refractivity contribution in [3.63, 3.8) is 0 Å². The lowest BCUT2D eigenvalue weighted by Gasteiger charge is -2.08. The first-order valence-electron chi connectivity index (χ1n) is 8.07. The highest BCUT2D eigenvalue weighted by molar-refractivity contribution is 8.15. The van der Waals surface area contributed by atoms with Gasteiger partial charge in [-0.15, -0.1) is 0 Å². The van der Waals surface area contributed by atoms with Crippen molar-refractivity contribution in [2.75, 3.05) is 11.9 Å². The third-order valence-electron chi connectivity index (χ3n) is 3.81. The summed E-state index contributed by atoms with van der Waals surface area (Å²) < 4.78 is 0. The Morgan fingerprint density at radius 3 is 2.62 bits per heavy atom. The van der Waals surface area contributed by atoms with Crippen LogP contribution in [0, 0.1) is 6.92 Å². The van der Waals surface area contributed by atoms with Crippen molar-refractivity contribution in [1.82, 2.24) is 5.32 Å². The third kappa shape index (κ3) is 4.61. The van der Waals surface area contributed by atoms with Gasteiger partial charge in [0, 0.05) is 12.2 Å². The highest BCUT2D eigenvalue weighted by Gasteiger charge is 2.29. The van der Waals surface area contributed by atoms with Crippen molar-refractivity contribution in [2.24, 2.45) is 4.99 Å². The number of hydrogen-bond donors (Lipinski definition) is 2. The number of amides is 1. The number of para-hydroxylation sites is 1. The van der Waals surface area contributed by atoms with E-state index in [9.17, 15) is 4.79 Å². The van der Waals surface area contributed by atoms with Gasteiger partial charge in [0.1, 0.15) is 0 Å². The van der Waals surface area contributed by atoms with E-state index in [2.05, 4.69) is 46.8 Å². The molecule has 24 heavy (non-hydrogen) atoms. The van der Waals surface area contributed by atoms with Crippen LogP contribution in [-0.4, -0.2) is 22.9 Å². The number of anilines is 1. The summed E-state index contributed by atoms with van der Waals surface area (Å²) in [5, 5.41) is 6.87. The lowest BCUT2D eigenvalue weighted by molar-refractivity contribution is -0.118. The van der Waals surface area contributed by atoms with Gasteiger partial charge in [0.2, 0.25) is 5.91 Å². The number of amidine groups is 1. The molecule has 124 valence electrons. The van der Waals surface area contributed by atoms with Crippen LogP contribution >= 0.6 is 11.8 Å². The molecule has 2 aromatic carbocycles. The molecule has 0 saturated carbocycles. The number of nitrogens with one attached hydrogen (secondary N) is 2. The first-order valence-corrected chi connectivity index (χ1v) is 8.95. The maximum absolute atomic E-state index is 12.0. The molecule has 1 fully saturated rings. The van der Waals surface area contributed by atoms with Gasteiger partial charge in [0.15, 0.2) is 5.17 Å². The molecule has 0 aliphatic carbocycles. The molecule has 1 aliphatic heterocycles. The fraction of sp³-hybridized carbons (Fsp3) is 0.263. The van der Waals surface area contributed by atoms with Crippen LogP contribution in [0.3, 0.4) is 0 Å². The SMILES string of the molecule is Cc1ccc(CN=C2NC(=O)C(CCNc3ccccc3)S2)cc1. The van der Waals surface area contributed by atoms with Crippen LogP contribution in [0.5, 0.6) is 0 Å². The average Bonchev–Trinajstić information content (AvgIpc) is 2.95. The highest BCUT2D eigenvalue weighted by atomic mass is 32.2. The summed E-state index contributed by atoms with van der Waals surface area (Å²) in [5.41, 5.74) is 3.47. The number of carbonyl (C=O) groups is 1. The van der Waals surface area contributed by atoms with Crippen molar-refractivity contribution < 1.29 is 4.79 Å². The molecular weight excluding hydrogens is 318 g/mol. The Morgan fingerprint density at radius 2 is 1.88 bits per heavy atom. The van der Waals surface area contributed by atoms with Crippen LogP contribution in [0.25, 0.3) is 0 Å². The zero-order chi connectivity index (χ0) is 16.8. The van der Waals surface area contributed by atoms with Gasteiger partial charge < -0.3 is 10.6 Å². The first-order chi connectivity index (χ1) is 11.7. The molecule has 1 saturated heterocycles. The second-order valence-electron chi connectivity index (χ2n) is 5.78. The summed E-state index contributed by atoms with van der Waals surface area (Å²) in [6.45, 7) is 3.43. The second-order valence-corrected chi connectivity index (χ2v) is 6.98. The Morgan fingerprint density at radius 1 is 1.12 bits per heavy atom. The molecule has 2 aromatic rings. The number of aryl methyl sites for hydroxylation is 1. The van der Waals surface area contributed by atoms with E-state index in [-0.39, 0.29) is 11.2 Å². The highest BCUT2D eigenvalue weighted by Crippen LogP contribution is 2.23. The monoisotopic (exact) mass is 339 g/mol. The first kappa shape index (κ1) is 16.6. The number of aliphatic imine (C=N–C) groups is 1. The van der Waals surface area contributed by atoms with E-state index >= 15 is 0 Å². The summed E-state index contributed by atoms with van der Waals surface area (Å²) in [6.07, 6.45) is 0.773. The van der Waals surface area contributed by atoms with Crippen LogP contribution in [-0.2, 0) is 11.3 Å². The fourth-order valence-corrected chi connectivity index (χ4v) is 3.40. The van der Waals surface area contributed by atoms with Crippen LogP contribution in [0.2, 0.25) is 0 Å². The lowest BCUT2D eigenvalue weighted by Crippen LogP contribution is -2.26. The average molecular weight is 339 g/mol. The molecule has 1 amide bonds. The number of rotatable bonds is 6. The van der Waals surface area contributed by atoms with E-state index in [0.29, 0.717) is 6.54 Å². The van der Waals surface area contributed by atoms with Gasteiger partial charge in [0.05, 0.1) is 11.8 Å². The van der Waals surface area contributed by atoms with Crippen molar-refractivity contribution in [3.8, 4) is 0 Å². The standard InChI is InChI=1S/C19H21N3OS/c1-14-7-9-15(10-8-14)13-21-19-22-18(23)17(24-19)11-12-20-16-5-3-2-4-6-16/h2-10,17,20H,11-13H2,1H3,(H,21,22,23). The lowest BCUT2D eigenvalue weighted by atomic mass is 10.1. The summed E-state index contributed by atoms with van der Waals surface area (Å²) in [4.78, 5) is 16.6. The molecule has 0 radical (unpaired) electrons. The normalized spacial score (nSPS) is 18.6. The maximum Gasteiger partial charge on any atom is 0.239 e. The minimum atomic E-state index is -0.0713. The predicted molar refractivity (Wildman–Crippen MR) is 101 cm³/mol. The number of hydrogen-bond acceptors (Lipinski definition) is 4. The van der Waals surface area contributed by atoms with Crippen LogP contribution in [0.15, 0.2) is 59.6 Å². The molecule has 1 unspecified atom stereocenters. The Balaban J connectivity index is 1.48. The van der Waals surface area contributed by atoms with E-state index in [4.69, 9.17) is 0 Å². The molecule has 3 rings (SSSR count). The van der Waals surface area contributed by atoms with Gasteiger partial charge in [0.25, 0.3) is 0 Å². The molecule has 1 heterocycles. The topological polar surface area (TPSA) is 53.5 Å². The van der Waals surface area contributed by atoms with E-state index in [1.54, 1.807) is 0 Å². The van der Waals surface area contributed by atoms with E-state index in [1.807, 2.05) is 30.3 Å². The Labute approximate surface area is 146 Å². The summed E-state index contributed by atoms with van der Waals surface area (Å²) in [5.74, 6) is 0.0533. The van der Waals surface area contributed by atoms with Crippen molar-refractivity contribution in [1.29, 1.82) is 0 Å². The van der Waals surface area contributed by atoms with Crippen LogP contribution < -0.4 is 10.6 Å². The van der Waals surface area contributed by atoms with Gasteiger partial charge >= 0.3 is 0 Å². The van der Waals surface area contributed by atoms with Gasteiger partial charge in [-0.2, -0.15) is 0 Å². The second kappa shape index (κ2) is 8.02. The number of thioether (sulfide) groups is 1. The fourth-order valence-electron chi connectivity index (χ4n) is 2.43. The van der Waals surface area contributed by atoms with Gasteiger partial charge in [-0.05, 0) is 31.0 Å². The van der Waals surface area contributed by atoms with Crippen molar-refractivity contribution in [3.05, 3.63) is 65.7 Å². The number of carbonyl (C=O) groups excluding carboxylic acids is 1. The van der Waals surface area contributed by atoms with Gasteiger partial charge in [-0.3, -0.25) is 9.79 Å². The maximum atomic E-state index is 12.0. The van der Waals surface area contributed by atoms with Gasteiger partial charge in [-0.25, -0.2) is 0 Å². The third-order valence-corrected chi connectivity index (χ3v) is 5.00. The molecule has 2 N–H and O–H groups in total. The summed E-state index contributed by atoms with van der Waals surface area (Å²) >= 11 is 1.53. The zero-order valence-corrected chi connectivity index (χ0v) is 14.5. The molecule has 0 aromatic heterocycles. The predicted octanol–water partition coefficient (Wildman–Crippen LogP) is 3.58. The molecule has 1 atom stereocenters. The van der Waals surface area contributed by atoms with Crippen LogP contribution in [0.4, 0.5) is 5.69 Å². The Bertz CT molecular complexity index is 713. The minimum absolute atomic E-state index is 0.0533. The minimum Gasteiger partial charge on any atom is -0.385 e. The molecule has 5 heteroatoms. The van der Waals surface area contributed by atoms with E-state index in [0.717, 1.165) is 29.4 Å². The molecule has 1 aliphatic rings. The number of nitrogens with zero attached hydrogens (tertiary/aromatic N) is 1. The van der Waals surface area contributed by atoms with E-state index in [1.165, 1.54) is 17.3 Å². The summed E-state index contributed by atoms with van der Waals surface area (Å²) in [6, 6.07) is 18.3. The molecule has 0 spiro atoms. The Hall–Kier alpha value is -2.27. The van der Waals surface area contributed by atoms with Crippen LogP contribution in [0.1, 0.15) is 17.5 Å². The smallest absolute Gasteiger partial charge is 0.239 e. The van der Waals surface area contributed by atoms with Gasteiger partial charge in [-0.1, -0.05) is 59.8 Å². The number of benzene rings is 2. The molecular formula is C19H21N3OS. The van der Waals surface area contributed by atoms with E-state index < -0.39 is 0 Å². The zero-order valence-electron chi connectivity index (χ0n) is 13.7. The largest absolute Gasteiger partial charge is 0.385 e. The van der Waals surface area contributed by atoms with Crippen molar-refractivity contribution in [2.45, 2.75) is 25.1 Å². The molecule has 0 bridgehead atoms. The Kier molecular flexibility index (Phi) is 5.54.